The van der Waals surface area contributed by atoms with Crippen LogP contribution < -0.4 is 4.90 Å². The molecule has 1 aromatic carbocycles. The summed E-state index contributed by atoms with van der Waals surface area (Å²) in [6.45, 7) is 8.23. The molecule has 3 fully saturated rings. The fourth-order valence-electron chi connectivity index (χ4n) is 6.25. The second-order valence-corrected chi connectivity index (χ2v) is 10.6. The highest BCUT2D eigenvalue weighted by atomic mass is 35.5. The smallest absolute Gasteiger partial charge is 0.312 e. The van der Waals surface area contributed by atoms with E-state index in [0.717, 1.165) is 12.8 Å². The van der Waals surface area contributed by atoms with E-state index in [9.17, 15) is 19.5 Å². The number of hydrogen-bond acceptors (Lipinski definition) is 6. The lowest BCUT2D eigenvalue weighted by molar-refractivity contribution is -0.155. The number of nitrogens with zero attached hydrogens (tertiary/aromatic N) is 2. The Kier molecular flexibility index (Phi) is 9.28. The van der Waals surface area contributed by atoms with E-state index in [4.69, 9.17) is 21.1 Å². The molecule has 1 N–H and O–H groups in total. The van der Waals surface area contributed by atoms with Crippen LogP contribution in [0.25, 0.3) is 0 Å². The third-order valence-corrected chi connectivity index (χ3v) is 8.20. The molecule has 4 rings (SSSR count). The monoisotopic (exact) mass is 544 g/mol. The third kappa shape index (κ3) is 5.14. The zero-order valence-electron chi connectivity index (χ0n) is 21.7. The van der Waals surface area contributed by atoms with Gasteiger partial charge in [0, 0.05) is 19.7 Å². The van der Waals surface area contributed by atoms with Crippen LogP contribution in [-0.4, -0.2) is 71.8 Å². The summed E-state index contributed by atoms with van der Waals surface area (Å²) in [5.74, 6) is -2.57. The summed E-state index contributed by atoms with van der Waals surface area (Å²) >= 11 is 6.47. The number of benzene rings is 1. The average Bonchev–Trinajstić information content (AvgIpc) is 3.55. The van der Waals surface area contributed by atoms with Gasteiger partial charge in [0.1, 0.15) is 11.6 Å². The Bertz CT molecular complexity index is 1060. The summed E-state index contributed by atoms with van der Waals surface area (Å²) in [6, 6.07) is 6.12. The molecule has 3 saturated heterocycles. The number of aliphatic hydroxyl groups excluding tert-OH is 1. The number of aliphatic hydroxyl groups is 1. The maximum atomic E-state index is 14.3. The molecule has 0 radical (unpaired) electrons. The third-order valence-electron chi connectivity index (χ3n) is 7.88. The molecule has 2 unspecified atom stereocenters. The van der Waals surface area contributed by atoms with Gasteiger partial charge >= 0.3 is 5.97 Å². The van der Waals surface area contributed by atoms with Crippen LogP contribution in [-0.2, 0) is 23.9 Å². The van der Waals surface area contributed by atoms with Crippen LogP contribution in [0, 0.1) is 11.8 Å². The summed E-state index contributed by atoms with van der Waals surface area (Å²) in [4.78, 5) is 44.6. The maximum Gasteiger partial charge on any atom is 0.312 e. The first kappa shape index (κ1) is 28.3. The van der Waals surface area contributed by atoms with E-state index in [1.807, 2.05) is 6.08 Å². The van der Waals surface area contributed by atoms with Gasteiger partial charge in [-0.1, -0.05) is 35.9 Å². The maximum absolute atomic E-state index is 14.3. The van der Waals surface area contributed by atoms with Crippen molar-refractivity contribution >= 4 is 35.1 Å². The number of amides is 2. The standard InChI is InChI=1S/C29H37ClN2O6/c1-3-5-6-11-19-37-28(36)23-22-14-15-29(38-22)24(23)26(34)32(17-9-10-18-33)25(29)27(35)31(16-4-2)21-13-8-7-12-20(21)30/h3-4,7-8,12-13,22-25,33H,1-2,5-6,9-11,14-19H2/t22-,23+,24+,25?,29?/m1/s1. The number of anilines is 1. The molecule has 3 aliphatic heterocycles. The number of carbonyl (C=O) groups is 3. The van der Waals surface area contributed by atoms with E-state index >= 15 is 0 Å². The number of allylic oxidation sites excluding steroid dienone is 1. The van der Waals surface area contributed by atoms with Gasteiger partial charge < -0.3 is 24.4 Å². The lowest BCUT2D eigenvalue weighted by Gasteiger charge is -2.37. The largest absolute Gasteiger partial charge is 0.465 e. The summed E-state index contributed by atoms with van der Waals surface area (Å²) in [6.07, 6.45) is 7.47. The molecule has 1 spiro atoms. The number of para-hydroxylation sites is 1. The van der Waals surface area contributed by atoms with E-state index in [-0.39, 0.29) is 38.1 Å². The molecule has 206 valence electrons. The zero-order chi connectivity index (χ0) is 27.3. The second-order valence-electron chi connectivity index (χ2n) is 10.2. The predicted octanol–water partition coefficient (Wildman–Crippen LogP) is 3.91. The van der Waals surface area contributed by atoms with Crippen LogP contribution >= 0.6 is 11.6 Å². The molecule has 1 aromatic rings. The van der Waals surface area contributed by atoms with Gasteiger partial charge in [0.05, 0.1) is 35.3 Å². The quantitative estimate of drug-likeness (QED) is 0.217. The Labute approximate surface area is 229 Å². The molecule has 2 amide bonds. The Hall–Kier alpha value is -2.68. The summed E-state index contributed by atoms with van der Waals surface area (Å²) in [5.41, 5.74) is -0.602. The van der Waals surface area contributed by atoms with Gasteiger partial charge in [-0.25, -0.2) is 0 Å². The van der Waals surface area contributed by atoms with Crippen molar-refractivity contribution in [2.75, 3.05) is 31.2 Å². The summed E-state index contributed by atoms with van der Waals surface area (Å²) < 4.78 is 12.1. The van der Waals surface area contributed by atoms with Crippen molar-refractivity contribution in [2.24, 2.45) is 11.8 Å². The molecular formula is C29H37ClN2O6. The van der Waals surface area contributed by atoms with Crippen LogP contribution in [0.2, 0.25) is 5.02 Å². The number of ether oxygens (including phenoxy) is 2. The molecular weight excluding hydrogens is 508 g/mol. The SMILES string of the molecule is C=CCCCCOC(=O)[C@@H]1[C@H]2C(=O)N(CCCCO)C(C(=O)N(CC=C)c3ccccc3Cl)C23CC[C@H]1O3. The van der Waals surface area contributed by atoms with E-state index in [0.29, 0.717) is 42.8 Å². The van der Waals surface area contributed by atoms with E-state index < -0.39 is 35.6 Å². The van der Waals surface area contributed by atoms with Crippen molar-refractivity contribution < 1.29 is 29.0 Å². The molecule has 0 aliphatic carbocycles. The van der Waals surface area contributed by atoms with Crippen molar-refractivity contribution in [3.8, 4) is 0 Å². The number of likely N-dealkylation sites (tertiary alicyclic amines) is 1. The first-order chi connectivity index (χ1) is 18.4. The lowest BCUT2D eigenvalue weighted by atomic mass is 9.70. The van der Waals surface area contributed by atoms with Crippen LogP contribution in [0.5, 0.6) is 0 Å². The molecule has 0 saturated carbocycles. The number of halogens is 1. The minimum atomic E-state index is -1.12. The van der Waals surface area contributed by atoms with E-state index in [1.54, 1.807) is 35.2 Å². The molecule has 38 heavy (non-hydrogen) atoms. The zero-order valence-corrected chi connectivity index (χ0v) is 22.5. The average molecular weight is 545 g/mol. The molecule has 2 bridgehead atoms. The predicted molar refractivity (Wildman–Crippen MR) is 145 cm³/mol. The second kappa shape index (κ2) is 12.5. The Morgan fingerprint density at radius 3 is 2.71 bits per heavy atom. The summed E-state index contributed by atoms with van der Waals surface area (Å²) in [5, 5.41) is 9.74. The highest BCUT2D eigenvalue weighted by Crippen LogP contribution is 2.59. The van der Waals surface area contributed by atoms with Crippen molar-refractivity contribution in [1.82, 2.24) is 4.90 Å². The minimum Gasteiger partial charge on any atom is -0.465 e. The van der Waals surface area contributed by atoms with Crippen molar-refractivity contribution in [2.45, 2.75) is 62.7 Å². The van der Waals surface area contributed by atoms with Crippen LogP contribution in [0.15, 0.2) is 49.6 Å². The topological polar surface area (TPSA) is 96.4 Å². The van der Waals surface area contributed by atoms with Gasteiger partial charge in [-0.15, -0.1) is 13.2 Å². The minimum absolute atomic E-state index is 0.0171. The molecule has 3 heterocycles. The van der Waals surface area contributed by atoms with Gasteiger partial charge in [0.15, 0.2) is 0 Å². The fourth-order valence-corrected chi connectivity index (χ4v) is 6.49. The number of esters is 1. The number of fused-ring (bicyclic) bond motifs is 1. The van der Waals surface area contributed by atoms with E-state index in [2.05, 4.69) is 13.2 Å². The normalized spacial score (nSPS) is 27.3. The van der Waals surface area contributed by atoms with Crippen LogP contribution in [0.4, 0.5) is 5.69 Å². The number of rotatable bonds is 14. The highest BCUT2D eigenvalue weighted by Gasteiger charge is 2.75. The van der Waals surface area contributed by atoms with Crippen molar-refractivity contribution in [3.05, 3.63) is 54.6 Å². The van der Waals surface area contributed by atoms with Gasteiger partial charge in [0.2, 0.25) is 5.91 Å². The molecule has 3 aliphatic rings. The fraction of sp³-hybridized carbons (Fsp3) is 0.552. The first-order valence-electron chi connectivity index (χ1n) is 13.4. The Morgan fingerprint density at radius 2 is 2.00 bits per heavy atom. The lowest BCUT2D eigenvalue weighted by Crippen LogP contribution is -2.56. The number of hydrogen-bond donors (Lipinski definition) is 1. The van der Waals surface area contributed by atoms with Gasteiger partial charge in [-0.3, -0.25) is 14.4 Å². The van der Waals surface area contributed by atoms with E-state index in [1.165, 1.54) is 4.90 Å². The van der Waals surface area contributed by atoms with Gasteiger partial charge in [-0.2, -0.15) is 0 Å². The van der Waals surface area contributed by atoms with Gasteiger partial charge in [-0.05, 0) is 57.1 Å². The Balaban J connectivity index is 1.65. The number of unbranched alkanes of at least 4 members (excludes halogenated alkanes) is 3. The van der Waals surface area contributed by atoms with Crippen molar-refractivity contribution in [1.29, 1.82) is 0 Å². The Morgan fingerprint density at radius 1 is 1.21 bits per heavy atom. The van der Waals surface area contributed by atoms with Crippen molar-refractivity contribution in [3.63, 3.8) is 0 Å². The van der Waals surface area contributed by atoms with Crippen LogP contribution in [0.1, 0.15) is 44.9 Å². The van der Waals surface area contributed by atoms with Gasteiger partial charge in [0.25, 0.3) is 5.91 Å². The molecule has 9 heteroatoms. The molecule has 8 nitrogen and oxygen atoms in total. The molecule has 0 aromatic heterocycles. The van der Waals surface area contributed by atoms with Crippen LogP contribution in [0.3, 0.4) is 0 Å². The highest BCUT2D eigenvalue weighted by molar-refractivity contribution is 6.34. The molecule has 5 atom stereocenters. The first-order valence-corrected chi connectivity index (χ1v) is 13.8. The summed E-state index contributed by atoms with van der Waals surface area (Å²) in [7, 11) is 0. The number of carbonyl (C=O) groups excluding carboxylic acids is 3.